The molecular formula is C23H31NO3. The second kappa shape index (κ2) is 9.16. The second-order valence-corrected chi connectivity index (χ2v) is 7.87. The first-order valence-corrected chi connectivity index (χ1v) is 9.53. The van der Waals surface area contributed by atoms with Crippen LogP contribution < -0.4 is 5.32 Å². The number of nitrogens with one attached hydrogen (secondary N) is 1. The Morgan fingerprint density at radius 1 is 1.11 bits per heavy atom. The number of carbonyl (C=O) groups is 1. The highest BCUT2D eigenvalue weighted by Gasteiger charge is 2.33. The number of hydrogen-bond acceptors (Lipinski definition) is 3. The molecule has 0 unspecified atom stereocenters. The van der Waals surface area contributed by atoms with Crippen LogP contribution in [0, 0.1) is 0 Å². The molecule has 2 aromatic rings. The summed E-state index contributed by atoms with van der Waals surface area (Å²) in [5.41, 5.74) is 2.71. The van der Waals surface area contributed by atoms with Gasteiger partial charge in [0.1, 0.15) is 0 Å². The van der Waals surface area contributed by atoms with Crippen LogP contribution in [0.5, 0.6) is 0 Å². The van der Waals surface area contributed by atoms with E-state index in [9.17, 15) is 15.0 Å². The van der Waals surface area contributed by atoms with Crippen LogP contribution in [0.4, 0.5) is 0 Å². The topological polar surface area (TPSA) is 69.6 Å². The normalized spacial score (nSPS) is 13.0. The van der Waals surface area contributed by atoms with E-state index in [1.54, 1.807) is 13.8 Å². The third-order valence-electron chi connectivity index (χ3n) is 5.07. The van der Waals surface area contributed by atoms with E-state index < -0.39 is 11.4 Å². The van der Waals surface area contributed by atoms with Crippen molar-refractivity contribution in [2.75, 3.05) is 6.54 Å². The van der Waals surface area contributed by atoms with Crippen molar-refractivity contribution in [1.29, 1.82) is 0 Å². The molecule has 2 rings (SSSR count). The molecule has 0 amide bonds. The van der Waals surface area contributed by atoms with Gasteiger partial charge in [-0.2, -0.15) is 0 Å². The zero-order valence-corrected chi connectivity index (χ0v) is 16.7. The molecular weight excluding hydrogens is 338 g/mol. The van der Waals surface area contributed by atoms with Crippen molar-refractivity contribution >= 4 is 5.97 Å². The average molecular weight is 370 g/mol. The Labute approximate surface area is 162 Å². The number of carboxylic acids is 1. The number of aliphatic hydroxyl groups excluding tert-OH is 1. The number of hydrogen-bond donors (Lipinski definition) is 3. The third kappa shape index (κ3) is 5.18. The summed E-state index contributed by atoms with van der Waals surface area (Å²) in [6, 6.07) is 16.2. The monoisotopic (exact) mass is 369 g/mol. The highest BCUT2D eigenvalue weighted by Crippen LogP contribution is 2.37. The SMILES string of the molecule is CC(C)NCC[C@H](c1ccccc1)c1cc(CO)ccc1C(C)(C)C(=O)O. The van der Waals surface area contributed by atoms with Crippen molar-refractivity contribution < 1.29 is 15.0 Å². The third-order valence-corrected chi connectivity index (χ3v) is 5.07. The number of aliphatic hydroxyl groups is 1. The van der Waals surface area contributed by atoms with E-state index in [4.69, 9.17) is 0 Å². The largest absolute Gasteiger partial charge is 0.481 e. The Bertz CT molecular complexity index is 753. The maximum Gasteiger partial charge on any atom is 0.313 e. The molecule has 0 aliphatic rings. The fourth-order valence-corrected chi connectivity index (χ4v) is 3.39. The van der Waals surface area contributed by atoms with Gasteiger partial charge in [-0.15, -0.1) is 0 Å². The zero-order valence-electron chi connectivity index (χ0n) is 16.7. The summed E-state index contributed by atoms with van der Waals surface area (Å²) in [5, 5.41) is 22.9. The molecule has 3 N–H and O–H groups in total. The Morgan fingerprint density at radius 3 is 2.33 bits per heavy atom. The number of aliphatic carboxylic acids is 1. The Morgan fingerprint density at radius 2 is 1.78 bits per heavy atom. The standard InChI is InChI=1S/C23H31NO3/c1-16(2)24-13-12-19(18-8-6-5-7-9-18)20-14-17(15-25)10-11-21(20)23(3,4)22(26)27/h5-11,14,16,19,24-25H,12-13,15H2,1-4H3,(H,26,27)/t19-/m1/s1. The maximum absolute atomic E-state index is 11.9. The summed E-state index contributed by atoms with van der Waals surface area (Å²) in [6.07, 6.45) is 0.847. The summed E-state index contributed by atoms with van der Waals surface area (Å²) in [6.45, 7) is 8.47. The van der Waals surface area contributed by atoms with Gasteiger partial charge in [0, 0.05) is 12.0 Å². The maximum atomic E-state index is 11.9. The molecule has 0 spiro atoms. The molecule has 0 radical (unpaired) electrons. The minimum Gasteiger partial charge on any atom is -0.481 e. The predicted molar refractivity (Wildman–Crippen MR) is 109 cm³/mol. The van der Waals surface area contributed by atoms with Gasteiger partial charge in [-0.05, 0) is 49.1 Å². The van der Waals surface area contributed by atoms with E-state index in [0.717, 1.165) is 35.2 Å². The van der Waals surface area contributed by atoms with Crippen LogP contribution in [0.3, 0.4) is 0 Å². The van der Waals surface area contributed by atoms with Gasteiger partial charge in [-0.1, -0.05) is 62.4 Å². The molecule has 0 fully saturated rings. The van der Waals surface area contributed by atoms with Crippen LogP contribution in [-0.4, -0.2) is 28.8 Å². The molecule has 1 atom stereocenters. The lowest BCUT2D eigenvalue weighted by Crippen LogP contribution is -2.31. The van der Waals surface area contributed by atoms with Crippen molar-refractivity contribution in [1.82, 2.24) is 5.32 Å². The van der Waals surface area contributed by atoms with Gasteiger partial charge in [0.15, 0.2) is 0 Å². The quantitative estimate of drug-likeness (QED) is 0.623. The lowest BCUT2D eigenvalue weighted by molar-refractivity contribution is -0.142. The minimum absolute atomic E-state index is 0.0533. The van der Waals surface area contributed by atoms with Gasteiger partial charge in [0.05, 0.1) is 12.0 Å². The zero-order chi connectivity index (χ0) is 20.0. The highest BCUT2D eigenvalue weighted by atomic mass is 16.4. The van der Waals surface area contributed by atoms with E-state index in [1.807, 2.05) is 36.4 Å². The van der Waals surface area contributed by atoms with Crippen LogP contribution in [0.1, 0.15) is 62.3 Å². The fourth-order valence-electron chi connectivity index (χ4n) is 3.39. The number of rotatable bonds is 9. The van der Waals surface area contributed by atoms with E-state index in [1.165, 1.54) is 0 Å². The summed E-state index contributed by atoms with van der Waals surface area (Å²) >= 11 is 0. The lowest BCUT2D eigenvalue weighted by Gasteiger charge is -2.29. The smallest absolute Gasteiger partial charge is 0.313 e. The van der Waals surface area contributed by atoms with Gasteiger partial charge < -0.3 is 15.5 Å². The summed E-state index contributed by atoms with van der Waals surface area (Å²) in [7, 11) is 0. The van der Waals surface area contributed by atoms with E-state index in [0.29, 0.717) is 6.04 Å². The summed E-state index contributed by atoms with van der Waals surface area (Å²) in [5.74, 6) is -0.801. The molecule has 0 heterocycles. The summed E-state index contributed by atoms with van der Waals surface area (Å²) in [4.78, 5) is 11.9. The molecule has 4 nitrogen and oxygen atoms in total. The van der Waals surface area contributed by atoms with Crippen molar-refractivity contribution in [3.05, 3.63) is 70.8 Å². The first kappa shape index (κ1) is 21.1. The minimum atomic E-state index is -1.01. The van der Waals surface area contributed by atoms with Crippen molar-refractivity contribution in [3.63, 3.8) is 0 Å². The molecule has 0 saturated heterocycles. The van der Waals surface area contributed by atoms with Crippen molar-refractivity contribution in [3.8, 4) is 0 Å². The molecule has 0 saturated carbocycles. The molecule has 2 aromatic carbocycles. The van der Waals surface area contributed by atoms with E-state index >= 15 is 0 Å². The van der Waals surface area contributed by atoms with E-state index in [2.05, 4.69) is 31.3 Å². The van der Waals surface area contributed by atoms with Gasteiger partial charge in [-0.3, -0.25) is 4.79 Å². The predicted octanol–water partition coefficient (Wildman–Crippen LogP) is 4.06. The van der Waals surface area contributed by atoms with Crippen LogP contribution >= 0.6 is 0 Å². The Hall–Kier alpha value is -2.17. The second-order valence-electron chi connectivity index (χ2n) is 7.87. The molecule has 4 heteroatoms. The highest BCUT2D eigenvalue weighted by molar-refractivity contribution is 5.81. The molecule has 0 bridgehead atoms. The first-order chi connectivity index (χ1) is 12.8. The molecule has 27 heavy (non-hydrogen) atoms. The van der Waals surface area contributed by atoms with Gasteiger partial charge in [-0.25, -0.2) is 0 Å². The molecule has 146 valence electrons. The molecule has 0 aromatic heterocycles. The number of benzene rings is 2. The van der Waals surface area contributed by atoms with Crippen LogP contribution in [0.25, 0.3) is 0 Å². The van der Waals surface area contributed by atoms with Crippen LogP contribution in [0.2, 0.25) is 0 Å². The van der Waals surface area contributed by atoms with E-state index in [-0.39, 0.29) is 12.5 Å². The number of carboxylic acid groups (broad SMARTS) is 1. The summed E-state index contributed by atoms with van der Waals surface area (Å²) < 4.78 is 0. The van der Waals surface area contributed by atoms with Crippen molar-refractivity contribution in [2.45, 2.75) is 58.1 Å². The van der Waals surface area contributed by atoms with Gasteiger partial charge in [0.2, 0.25) is 0 Å². The van der Waals surface area contributed by atoms with Gasteiger partial charge in [0.25, 0.3) is 0 Å². The average Bonchev–Trinajstić information content (AvgIpc) is 2.65. The Kier molecular flexibility index (Phi) is 7.17. The first-order valence-electron chi connectivity index (χ1n) is 9.53. The molecule has 0 aliphatic carbocycles. The van der Waals surface area contributed by atoms with Crippen molar-refractivity contribution in [2.24, 2.45) is 0 Å². The fraction of sp³-hybridized carbons (Fsp3) is 0.435. The van der Waals surface area contributed by atoms with Crippen LogP contribution in [0.15, 0.2) is 48.5 Å². The molecule has 0 aliphatic heterocycles. The van der Waals surface area contributed by atoms with Gasteiger partial charge >= 0.3 is 5.97 Å². The van der Waals surface area contributed by atoms with Crippen LogP contribution in [-0.2, 0) is 16.8 Å². The Balaban J connectivity index is 2.57. The lowest BCUT2D eigenvalue weighted by atomic mass is 9.75.